The number of thiophene rings is 1. The third-order valence-corrected chi connectivity index (χ3v) is 4.17. The summed E-state index contributed by atoms with van der Waals surface area (Å²) in [5, 5.41) is 5.22. The number of nitrogens with one attached hydrogen (secondary N) is 1. The Morgan fingerprint density at radius 2 is 2.47 bits per heavy atom. The van der Waals surface area contributed by atoms with E-state index in [0.29, 0.717) is 12.5 Å². The molecular weight excluding hydrogens is 232 g/mol. The minimum Gasteiger partial charge on any atom is -0.338 e. The van der Waals surface area contributed by atoms with Gasteiger partial charge in [-0.3, -0.25) is 4.79 Å². The number of piperidine rings is 1. The van der Waals surface area contributed by atoms with E-state index in [1.807, 2.05) is 24.6 Å². The van der Waals surface area contributed by atoms with Crippen LogP contribution in [0.4, 0.5) is 0 Å². The molecule has 1 aliphatic rings. The Balaban J connectivity index is 1.96. The van der Waals surface area contributed by atoms with Crippen molar-refractivity contribution in [1.82, 2.24) is 10.2 Å². The second kappa shape index (κ2) is 6.17. The zero-order valence-corrected chi connectivity index (χ0v) is 11.1. The van der Waals surface area contributed by atoms with Gasteiger partial charge in [-0.15, -0.1) is 11.3 Å². The smallest absolute Gasteiger partial charge is 0.228 e. The van der Waals surface area contributed by atoms with Gasteiger partial charge >= 0.3 is 0 Å². The summed E-state index contributed by atoms with van der Waals surface area (Å²) < 4.78 is 0. The van der Waals surface area contributed by atoms with E-state index >= 15 is 0 Å². The second-order valence-corrected chi connectivity index (χ2v) is 5.58. The summed E-state index contributed by atoms with van der Waals surface area (Å²) in [5.74, 6) is 0.285. The Morgan fingerprint density at radius 1 is 1.59 bits per heavy atom. The van der Waals surface area contributed by atoms with E-state index < -0.39 is 0 Å². The van der Waals surface area contributed by atoms with Crippen molar-refractivity contribution in [3.8, 4) is 0 Å². The molecule has 2 rings (SSSR count). The first kappa shape index (κ1) is 12.6. The van der Waals surface area contributed by atoms with Crippen LogP contribution in [0.2, 0.25) is 0 Å². The quantitative estimate of drug-likeness (QED) is 0.887. The molecular formula is C13H20N2OS. The lowest BCUT2D eigenvalue weighted by molar-refractivity contribution is -0.133. The summed E-state index contributed by atoms with van der Waals surface area (Å²) in [6, 6.07) is 4.44. The van der Waals surface area contributed by atoms with E-state index in [0.717, 1.165) is 25.9 Å². The summed E-state index contributed by atoms with van der Waals surface area (Å²) in [6.07, 6.45) is 4.10. The fourth-order valence-electron chi connectivity index (χ4n) is 2.44. The average molecular weight is 252 g/mol. The van der Waals surface area contributed by atoms with Crippen molar-refractivity contribution < 1.29 is 4.79 Å². The molecule has 1 atom stereocenters. The van der Waals surface area contributed by atoms with Crippen molar-refractivity contribution >= 4 is 17.2 Å². The fraction of sp³-hybridized carbons (Fsp3) is 0.615. The van der Waals surface area contributed by atoms with Crippen molar-refractivity contribution in [2.75, 3.05) is 20.1 Å². The van der Waals surface area contributed by atoms with Crippen molar-refractivity contribution in [3.05, 3.63) is 22.4 Å². The van der Waals surface area contributed by atoms with Crippen LogP contribution in [0.5, 0.6) is 0 Å². The maximum Gasteiger partial charge on any atom is 0.228 e. The van der Waals surface area contributed by atoms with E-state index in [1.54, 1.807) is 11.3 Å². The Morgan fingerprint density at radius 3 is 3.18 bits per heavy atom. The van der Waals surface area contributed by atoms with Gasteiger partial charge in [0, 0.05) is 24.0 Å². The minimum atomic E-state index is 0.285. The van der Waals surface area contributed by atoms with E-state index in [4.69, 9.17) is 0 Å². The summed E-state index contributed by atoms with van der Waals surface area (Å²) in [5.41, 5.74) is 0. The Labute approximate surface area is 107 Å². The molecule has 1 unspecified atom stereocenters. The van der Waals surface area contributed by atoms with Crippen molar-refractivity contribution in [3.63, 3.8) is 0 Å². The molecule has 0 aliphatic carbocycles. The van der Waals surface area contributed by atoms with E-state index in [2.05, 4.69) is 10.2 Å². The normalized spacial score (nSPS) is 20.5. The summed E-state index contributed by atoms with van der Waals surface area (Å²) in [4.78, 5) is 15.5. The van der Waals surface area contributed by atoms with Crippen LogP contribution in [0.15, 0.2) is 17.5 Å². The highest BCUT2D eigenvalue weighted by molar-refractivity contribution is 7.10. The van der Waals surface area contributed by atoms with Gasteiger partial charge in [0.15, 0.2) is 0 Å². The highest BCUT2D eigenvalue weighted by atomic mass is 32.1. The lowest BCUT2D eigenvalue weighted by Crippen LogP contribution is -2.48. The van der Waals surface area contributed by atoms with Crippen LogP contribution in [0.25, 0.3) is 0 Å². The Kier molecular flexibility index (Phi) is 4.57. The van der Waals surface area contributed by atoms with Crippen molar-refractivity contribution in [2.24, 2.45) is 0 Å². The molecule has 17 heavy (non-hydrogen) atoms. The van der Waals surface area contributed by atoms with Crippen LogP contribution in [0.3, 0.4) is 0 Å². The largest absolute Gasteiger partial charge is 0.338 e. The minimum absolute atomic E-state index is 0.285. The number of carbonyl (C=O) groups is 1. The number of rotatable bonds is 4. The third-order valence-electron chi connectivity index (χ3n) is 3.29. The number of hydrogen-bond acceptors (Lipinski definition) is 3. The van der Waals surface area contributed by atoms with Gasteiger partial charge in [0.1, 0.15) is 0 Å². The maximum absolute atomic E-state index is 12.3. The molecule has 1 N–H and O–H groups in total. The summed E-state index contributed by atoms with van der Waals surface area (Å²) in [6.45, 7) is 1.84. The summed E-state index contributed by atoms with van der Waals surface area (Å²) in [7, 11) is 1.95. The highest BCUT2D eigenvalue weighted by Crippen LogP contribution is 2.19. The molecule has 0 spiro atoms. The molecule has 1 aromatic heterocycles. The molecule has 2 heterocycles. The van der Waals surface area contributed by atoms with Gasteiger partial charge in [0.2, 0.25) is 5.91 Å². The molecule has 4 heteroatoms. The Bertz CT molecular complexity index is 348. The average Bonchev–Trinajstić information content (AvgIpc) is 2.83. The third kappa shape index (κ3) is 3.30. The molecule has 3 nitrogen and oxygen atoms in total. The molecule has 94 valence electrons. The molecule has 0 radical (unpaired) electrons. The first-order valence-corrected chi connectivity index (χ1v) is 7.15. The number of amides is 1. The zero-order valence-electron chi connectivity index (χ0n) is 10.3. The molecule has 0 bridgehead atoms. The van der Waals surface area contributed by atoms with Crippen molar-refractivity contribution in [1.29, 1.82) is 0 Å². The highest BCUT2D eigenvalue weighted by Gasteiger charge is 2.25. The number of likely N-dealkylation sites (N-methyl/N-ethyl adjacent to an activating group) is 1. The van der Waals surface area contributed by atoms with Crippen LogP contribution >= 0.6 is 11.3 Å². The van der Waals surface area contributed by atoms with E-state index in [9.17, 15) is 4.79 Å². The molecule has 1 aromatic rings. The number of hydrogen-bond donors (Lipinski definition) is 1. The van der Waals surface area contributed by atoms with Gasteiger partial charge < -0.3 is 10.2 Å². The molecule has 1 saturated heterocycles. The van der Waals surface area contributed by atoms with E-state index in [1.165, 1.54) is 11.3 Å². The van der Waals surface area contributed by atoms with E-state index in [-0.39, 0.29) is 5.91 Å². The van der Waals surface area contributed by atoms with Gasteiger partial charge in [0.25, 0.3) is 0 Å². The van der Waals surface area contributed by atoms with Gasteiger partial charge in [-0.2, -0.15) is 0 Å². The number of nitrogens with zero attached hydrogens (tertiary/aromatic N) is 1. The first-order chi connectivity index (χ1) is 8.31. The van der Waals surface area contributed by atoms with Gasteiger partial charge in [-0.25, -0.2) is 0 Å². The predicted octanol–water partition coefficient (Wildman–Crippen LogP) is 1.89. The zero-order chi connectivity index (χ0) is 12.1. The van der Waals surface area contributed by atoms with Crippen molar-refractivity contribution in [2.45, 2.75) is 31.7 Å². The fourth-order valence-corrected chi connectivity index (χ4v) is 3.14. The lowest BCUT2D eigenvalue weighted by atomic mass is 10.0. The van der Waals surface area contributed by atoms with Crippen LogP contribution in [0, 0.1) is 0 Å². The van der Waals surface area contributed by atoms with Gasteiger partial charge in [-0.1, -0.05) is 6.07 Å². The number of likely N-dealkylation sites (tertiary alicyclic amines) is 1. The van der Waals surface area contributed by atoms with Gasteiger partial charge in [0.05, 0.1) is 6.42 Å². The van der Waals surface area contributed by atoms with Gasteiger partial charge in [-0.05, 0) is 37.8 Å². The molecule has 1 aliphatic heterocycles. The molecule has 1 amide bonds. The second-order valence-electron chi connectivity index (χ2n) is 4.55. The monoisotopic (exact) mass is 252 g/mol. The standard InChI is InChI=1S/C13H20N2OS/c1-14-10-11-5-2-3-7-15(11)13(16)9-12-6-4-8-17-12/h4,6,8,11,14H,2-3,5,7,9-10H2,1H3. The molecule has 1 fully saturated rings. The van der Waals surface area contributed by atoms with Crippen LogP contribution in [0.1, 0.15) is 24.1 Å². The predicted molar refractivity (Wildman–Crippen MR) is 71.3 cm³/mol. The first-order valence-electron chi connectivity index (χ1n) is 6.27. The number of carbonyl (C=O) groups excluding carboxylic acids is 1. The molecule has 0 aromatic carbocycles. The topological polar surface area (TPSA) is 32.3 Å². The van der Waals surface area contributed by atoms with Crippen LogP contribution < -0.4 is 5.32 Å². The molecule has 0 saturated carbocycles. The summed E-state index contributed by atoms with van der Waals surface area (Å²) >= 11 is 1.67. The van der Waals surface area contributed by atoms with Crippen LogP contribution in [-0.4, -0.2) is 37.0 Å². The lowest BCUT2D eigenvalue weighted by Gasteiger charge is -2.35. The Hall–Kier alpha value is -0.870. The maximum atomic E-state index is 12.3. The van der Waals surface area contributed by atoms with Crippen LogP contribution in [-0.2, 0) is 11.2 Å². The SMILES string of the molecule is CNCC1CCCCN1C(=O)Cc1cccs1.